The standard InChI is InChI=1S/C20H21Cl2N5OS/c1-11-14(12(2)27-19(23-11)24-20(25-27)29-3)10-18(28)26-8-4-5-17(26)13-6-7-15(21)16(22)9-13/h6-7,9,17H,4-5,8,10H2,1-3H3. The predicted octanol–water partition coefficient (Wildman–Crippen LogP) is 4.68. The van der Waals surface area contributed by atoms with Crippen molar-refractivity contribution in [3.8, 4) is 0 Å². The summed E-state index contributed by atoms with van der Waals surface area (Å²) in [6.07, 6.45) is 4.09. The van der Waals surface area contributed by atoms with Crippen LogP contribution in [0.3, 0.4) is 0 Å². The molecule has 1 aliphatic heterocycles. The van der Waals surface area contributed by atoms with Crippen molar-refractivity contribution < 1.29 is 4.79 Å². The zero-order chi connectivity index (χ0) is 20.7. The van der Waals surface area contributed by atoms with Crippen molar-refractivity contribution >= 4 is 46.6 Å². The van der Waals surface area contributed by atoms with Gasteiger partial charge in [0, 0.05) is 23.5 Å². The average molecular weight is 450 g/mol. The number of fused-ring (bicyclic) bond motifs is 1. The molecule has 1 aliphatic rings. The summed E-state index contributed by atoms with van der Waals surface area (Å²) >= 11 is 13.7. The van der Waals surface area contributed by atoms with E-state index in [1.807, 2.05) is 37.1 Å². The van der Waals surface area contributed by atoms with Gasteiger partial charge in [0.2, 0.25) is 11.1 Å². The molecular formula is C20H21Cl2N5OS. The minimum absolute atomic E-state index is 0.0176. The lowest BCUT2D eigenvalue weighted by Crippen LogP contribution is -2.32. The molecule has 0 saturated carbocycles. The third-order valence-corrected chi connectivity index (χ3v) is 6.72. The van der Waals surface area contributed by atoms with Crippen molar-refractivity contribution in [3.05, 3.63) is 50.8 Å². The van der Waals surface area contributed by atoms with Crippen LogP contribution in [0.15, 0.2) is 23.4 Å². The second-order valence-corrected chi connectivity index (χ2v) is 8.75. The Morgan fingerprint density at radius 2 is 2.03 bits per heavy atom. The number of nitrogens with zero attached hydrogens (tertiary/aromatic N) is 5. The van der Waals surface area contributed by atoms with Gasteiger partial charge in [-0.2, -0.15) is 4.98 Å². The molecule has 0 spiro atoms. The summed E-state index contributed by atoms with van der Waals surface area (Å²) in [6, 6.07) is 5.63. The lowest BCUT2D eigenvalue weighted by molar-refractivity contribution is -0.131. The fourth-order valence-corrected chi connectivity index (χ4v) is 4.56. The van der Waals surface area contributed by atoms with E-state index in [0.717, 1.165) is 41.9 Å². The number of carbonyl (C=O) groups excluding carboxylic acids is 1. The number of carbonyl (C=O) groups is 1. The fraction of sp³-hybridized carbons (Fsp3) is 0.400. The van der Waals surface area contributed by atoms with Gasteiger partial charge in [-0.25, -0.2) is 9.50 Å². The van der Waals surface area contributed by atoms with Crippen LogP contribution in [0.1, 0.15) is 41.4 Å². The maximum absolute atomic E-state index is 13.2. The zero-order valence-electron chi connectivity index (χ0n) is 16.4. The molecular weight excluding hydrogens is 429 g/mol. The molecule has 152 valence electrons. The van der Waals surface area contributed by atoms with Crippen LogP contribution in [0.4, 0.5) is 0 Å². The van der Waals surface area contributed by atoms with E-state index in [0.29, 0.717) is 21.0 Å². The minimum atomic E-state index is 0.0176. The molecule has 3 aromatic rings. The van der Waals surface area contributed by atoms with Crippen molar-refractivity contribution in [1.29, 1.82) is 0 Å². The molecule has 4 rings (SSSR count). The zero-order valence-corrected chi connectivity index (χ0v) is 18.8. The van der Waals surface area contributed by atoms with Crippen LogP contribution in [-0.2, 0) is 11.2 Å². The molecule has 2 aromatic heterocycles. The summed E-state index contributed by atoms with van der Waals surface area (Å²) in [5.74, 6) is 0.645. The van der Waals surface area contributed by atoms with Crippen molar-refractivity contribution in [2.45, 2.75) is 44.3 Å². The molecule has 0 N–H and O–H groups in total. The van der Waals surface area contributed by atoms with Crippen molar-refractivity contribution in [3.63, 3.8) is 0 Å². The first-order valence-corrected chi connectivity index (χ1v) is 11.4. The van der Waals surface area contributed by atoms with Gasteiger partial charge in [-0.3, -0.25) is 4.79 Å². The number of hydrogen-bond donors (Lipinski definition) is 0. The van der Waals surface area contributed by atoms with E-state index in [9.17, 15) is 4.79 Å². The topological polar surface area (TPSA) is 63.4 Å². The highest BCUT2D eigenvalue weighted by atomic mass is 35.5. The van der Waals surface area contributed by atoms with E-state index in [4.69, 9.17) is 23.2 Å². The predicted molar refractivity (Wildman–Crippen MR) is 116 cm³/mol. The Balaban J connectivity index is 1.62. The summed E-state index contributed by atoms with van der Waals surface area (Å²) in [4.78, 5) is 24.1. The maximum Gasteiger partial charge on any atom is 0.253 e. The number of benzene rings is 1. The molecule has 1 fully saturated rings. The van der Waals surface area contributed by atoms with E-state index >= 15 is 0 Å². The largest absolute Gasteiger partial charge is 0.335 e. The Hall–Kier alpha value is -1.83. The number of halogens is 2. The lowest BCUT2D eigenvalue weighted by Gasteiger charge is -2.26. The van der Waals surface area contributed by atoms with Crippen LogP contribution in [0, 0.1) is 13.8 Å². The first-order valence-electron chi connectivity index (χ1n) is 9.40. The van der Waals surface area contributed by atoms with E-state index in [1.165, 1.54) is 11.8 Å². The molecule has 9 heteroatoms. The molecule has 0 radical (unpaired) electrons. The number of aromatic nitrogens is 4. The normalized spacial score (nSPS) is 16.7. The van der Waals surface area contributed by atoms with Gasteiger partial charge >= 0.3 is 0 Å². The van der Waals surface area contributed by atoms with Gasteiger partial charge < -0.3 is 4.90 Å². The molecule has 3 heterocycles. The van der Waals surface area contributed by atoms with Crippen molar-refractivity contribution in [2.75, 3.05) is 12.8 Å². The molecule has 1 atom stereocenters. The summed E-state index contributed by atoms with van der Waals surface area (Å²) in [5, 5.41) is 6.18. The van der Waals surface area contributed by atoms with Gasteiger partial charge in [0.15, 0.2) is 0 Å². The highest BCUT2D eigenvalue weighted by Gasteiger charge is 2.31. The molecule has 0 bridgehead atoms. The molecule has 6 nitrogen and oxygen atoms in total. The Morgan fingerprint density at radius 3 is 2.76 bits per heavy atom. The van der Waals surface area contributed by atoms with Gasteiger partial charge in [-0.05, 0) is 50.6 Å². The Labute approximate surface area is 183 Å². The van der Waals surface area contributed by atoms with Gasteiger partial charge in [-0.1, -0.05) is 41.0 Å². The first kappa shape index (κ1) is 20.4. The fourth-order valence-electron chi connectivity index (χ4n) is 3.92. The Kier molecular flexibility index (Phi) is 5.73. The monoisotopic (exact) mass is 449 g/mol. The molecule has 1 saturated heterocycles. The lowest BCUT2D eigenvalue weighted by atomic mass is 10.0. The number of thioether (sulfide) groups is 1. The van der Waals surface area contributed by atoms with E-state index in [-0.39, 0.29) is 18.4 Å². The second-order valence-electron chi connectivity index (χ2n) is 7.17. The van der Waals surface area contributed by atoms with Crippen LogP contribution in [0.25, 0.3) is 5.78 Å². The number of rotatable bonds is 4. The Morgan fingerprint density at radius 1 is 1.24 bits per heavy atom. The summed E-state index contributed by atoms with van der Waals surface area (Å²) in [6.45, 7) is 4.62. The number of likely N-dealkylation sites (tertiary alicyclic amines) is 1. The van der Waals surface area contributed by atoms with Gasteiger partial charge in [-0.15, -0.1) is 5.10 Å². The molecule has 1 unspecified atom stereocenters. The van der Waals surface area contributed by atoms with Crippen LogP contribution in [-0.4, -0.2) is 43.2 Å². The summed E-state index contributed by atoms with van der Waals surface area (Å²) in [5.41, 5.74) is 3.64. The first-order chi connectivity index (χ1) is 13.9. The number of hydrogen-bond acceptors (Lipinski definition) is 5. The van der Waals surface area contributed by atoms with Crippen LogP contribution in [0.5, 0.6) is 0 Å². The smallest absolute Gasteiger partial charge is 0.253 e. The maximum atomic E-state index is 13.2. The van der Waals surface area contributed by atoms with E-state index in [1.54, 1.807) is 10.6 Å². The van der Waals surface area contributed by atoms with E-state index in [2.05, 4.69) is 15.1 Å². The van der Waals surface area contributed by atoms with Crippen LogP contribution in [0.2, 0.25) is 10.0 Å². The number of aryl methyl sites for hydroxylation is 2. The number of amides is 1. The van der Waals surface area contributed by atoms with Gasteiger partial charge in [0.25, 0.3) is 5.78 Å². The quantitative estimate of drug-likeness (QED) is 0.541. The van der Waals surface area contributed by atoms with Crippen molar-refractivity contribution in [1.82, 2.24) is 24.5 Å². The van der Waals surface area contributed by atoms with Gasteiger partial charge in [0.1, 0.15) is 0 Å². The molecule has 1 amide bonds. The Bertz CT molecular complexity index is 1100. The molecule has 1 aromatic carbocycles. The molecule has 29 heavy (non-hydrogen) atoms. The minimum Gasteiger partial charge on any atom is -0.335 e. The SMILES string of the molecule is CSc1nc2nc(C)c(CC(=O)N3CCCC3c3ccc(Cl)c(Cl)c3)c(C)n2n1. The highest BCUT2D eigenvalue weighted by Crippen LogP contribution is 2.35. The van der Waals surface area contributed by atoms with E-state index < -0.39 is 0 Å². The second kappa shape index (κ2) is 8.13. The van der Waals surface area contributed by atoms with Crippen LogP contribution < -0.4 is 0 Å². The summed E-state index contributed by atoms with van der Waals surface area (Å²) in [7, 11) is 0. The third kappa shape index (κ3) is 3.83. The highest BCUT2D eigenvalue weighted by molar-refractivity contribution is 7.98. The van der Waals surface area contributed by atoms with Crippen molar-refractivity contribution in [2.24, 2.45) is 0 Å². The average Bonchev–Trinajstić information content (AvgIpc) is 3.34. The van der Waals surface area contributed by atoms with Crippen LogP contribution >= 0.6 is 35.0 Å². The summed E-state index contributed by atoms with van der Waals surface area (Å²) < 4.78 is 1.72. The van der Waals surface area contributed by atoms with Gasteiger partial charge in [0.05, 0.1) is 22.5 Å². The third-order valence-electron chi connectivity index (χ3n) is 5.44. The molecule has 0 aliphatic carbocycles.